The van der Waals surface area contributed by atoms with Crippen LogP contribution < -0.4 is 16.0 Å². The van der Waals surface area contributed by atoms with Crippen LogP contribution in [0, 0.1) is 3.57 Å². The molecule has 3 N–H and O–H groups in total. The number of carbonyl (C=O) groups excluding carboxylic acids is 1. The fourth-order valence-electron chi connectivity index (χ4n) is 1.64. The number of halogens is 4. The van der Waals surface area contributed by atoms with Gasteiger partial charge < -0.3 is 20.4 Å². The van der Waals surface area contributed by atoms with Crippen molar-refractivity contribution >= 4 is 86.3 Å². The third-order valence-electron chi connectivity index (χ3n) is 2.73. The van der Waals surface area contributed by atoms with E-state index in [4.69, 9.17) is 51.4 Å². The van der Waals surface area contributed by atoms with Crippen molar-refractivity contribution < 1.29 is 9.21 Å². The molecule has 1 aromatic heterocycles. The van der Waals surface area contributed by atoms with Gasteiger partial charge in [-0.1, -0.05) is 34.8 Å². The van der Waals surface area contributed by atoms with E-state index in [1.54, 1.807) is 6.07 Å². The Morgan fingerprint density at radius 3 is 2.38 bits per heavy atom. The minimum absolute atomic E-state index is 0.0903. The van der Waals surface area contributed by atoms with Crippen LogP contribution in [0.5, 0.6) is 0 Å². The van der Waals surface area contributed by atoms with E-state index < -0.39 is 15.9 Å². The summed E-state index contributed by atoms with van der Waals surface area (Å²) in [6.07, 6.45) is 0.305. The zero-order valence-corrected chi connectivity index (χ0v) is 17.1. The van der Waals surface area contributed by atoms with Gasteiger partial charge in [-0.3, -0.25) is 4.79 Å². The lowest BCUT2D eigenvalue weighted by molar-refractivity contribution is 0.0906. The van der Waals surface area contributed by atoms with Crippen molar-refractivity contribution in [3.63, 3.8) is 0 Å². The van der Waals surface area contributed by atoms with Crippen LogP contribution in [0.2, 0.25) is 0 Å². The Kier molecular flexibility index (Phi) is 6.99. The highest BCUT2D eigenvalue weighted by Gasteiger charge is 2.35. The average molecular weight is 519 g/mol. The molecule has 0 aliphatic heterocycles. The number of amides is 1. The number of hydrogen-bond acceptors (Lipinski definition) is 3. The number of furan rings is 1. The lowest BCUT2D eigenvalue weighted by atomic mass is 10.3. The number of carbonyl (C=O) groups is 1. The Bertz CT molecular complexity index is 705. The summed E-state index contributed by atoms with van der Waals surface area (Å²) in [6.45, 7) is 0. The number of alkyl halides is 3. The van der Waals surface area contributed by atoms with Crippen LogP contribution >= 0.6 is 69.6 Å². The number of nitrogens with one attached hydrogen (secondary N) is 3. The fraction of sp³-hybridized carbons (Fsp3) is 0.143. The smallest absolute Gasteiger partial charge is 0.288 e. The van der Waals surface area contributed by atoms with Crippen molar-refractivity contribution in [3.8, 4) is 0 Å². The maximum Gasteiger partial charge on any atom is 0.288 e. The molecule has 0 saturated carbocycles. The van der Waals surface area contributed by atoms with Crippen LogP contribution in [0.4, 0.5) is 5.69 Å². The Labute approximate surface area is 172 Å². The van der Waals surface area contributed by atoms with Gasteiger partial charge in [0.15, 0.2) is 10.9 Å². The summed E-state index contributed by atoms with van der Waals surface area (Å²) in [5.74, 6) is -0.451. The molecule has 0 aliphatic rings. The second kappa shape index (κ2) is 8.57. The summed E-state index contributed by atoms with van der Waals surface area (Å²) < 4.78 is 4.25. The molecule has 0 spiro atoms. The molecule has 2 rings (SSSR count). The summed E-state index contributed by atoms with van der Waals surface area (Å²) in [7, 11) is 0. The average Bonchev–Trinajstić information content (AvgIpc) is 3.02. The molecule has 5 nitrogen and oxygen atoms in total. The molecule has 0 saturated heterocycles. The predicted octanol–water partition coefficient (Wildman–Crippen LogP) is 4.30. The standard InChI is InChI=1S/C14H11Cl3IN3O2S/c15-14(16,17)12(20-11(22)10-2-1-7-23-10)21-13(24)19-9-5-3-8(18)4-6-9/h1-7,12H,(H,20,22)(H2,19,21,24)/t12-/m0/s1. The molecule has 1 amide bonds. The van der Waals surface area contributed by atoms with Crippen molar-refractivity contribution in [2.75, 3.05) is 5.32 Å². The van der Waals surface area contributed by atoms with Crippen LogP contribution in [0.15, 0.2) is 47.1 Å². The minimum Gasteiger partial charge on any atom is -0.459 e. The second-order valence-electron chi connectivity index (χ2n) is 4.53. The molecule has 128 valence electrons. The van der Waals surface area contributed by atoms with Crippen LogP contribution in [0.1, 0.15) is 10.6 Å². The van der Waals surface area contributed by atoms with E-state index in [0.717, 1.165) is 9.26 Å². The first-order valence-corrected chi connectivity index (χ1v) is 9.12. The molecular weight excluding hydrogens is 508 g/mol. The van der Waals surface area contributed by atoms with E-state index in [9.17, 15) is 4.79 Å². The van der Waals surface area contributed by atoms with Gasteiger partial charge in [-0.25, -0.2) is 0 Å². The number of hydrogen-bond donors (Lipinski definition) is 3. The Morgan fingerprint density at radius 2 is 1.83 bits per heavy atom. The van der Waals surface area contributed by atoms with Gasteiger partial charge in [-0.05, 0) is 71.2 Å². The van der Waals surface area contributed by atoms with Gasteiger partial charge >= 0.3 is 0 Å². The molecular formula is C14H11Cl3IN3O2S. The van der Waals surface area contributed by atoms with E-state index in [0.29, 0.717) is 0 Å². The molecule has 1 atom stereocenters. The molecule has 0 bridgehead atoms. The van der Waals surface area contributed by atoms with E-state index in [1.807, 2.05) is 24.3 Å². The quantitative estimate of drug-likeness (QED) is 0.244. The molecule has 0 radical (unpaired) electrons. The Morgan fingerprint density at radius 1 is 1.17 bits per heavy atom. The zero-order valence-electron chi connectivity index (χ0n) is 11.9. The molecule has 24 heavy (non-hydrogen) atoms. The van der Waals surface area contributed by atoms with E-state index in [2.05, 4.69) is 38.5 Å². The van der Waals surface area contributed by atoms with Crippen LogP contribution in [-0.4, -0.2) is 21.0 Å². The Balaban J connectivity index is 2.01. The monoisotopic (exact) mass is 517 g/mol. The molecule has 1 aromatic carbocycles. The first-order valence-electron chi connectivity index (χ1n) is 6.50. The van der Waals surface area contributed by atoms with Crippen LogP contribution in [0.25, 0.3) is 0 Å². The SMILES string of the molecule is O=C(N[C@@H](NC(=S)Nc1ccc(I)cc1)C(Cl)(Cl)Cl)c1ccco1. The Hall–Kier alpha value is -0.740. The van der Waals surface area contributed by atoms with Crippen molar-refractivity contribution in [1.29, 1.82) is 0 Å². The number of rotatable bonds is 4. The van der Waals surface area contributed by atoms with E-state index >= 15 is 0 Å². The highest BCUT2D eigenvalue weighted by Crippen LogP contribution is 2.29. The van der Waals surface area contributed by atoms with Gasteiger partial charge in [0.2, 0.25) is 3.79 Å². The summed E-state index contributed by atoms with van der Waals surface area (Å²) in [4.78, 5) is 12.1. The van der Waals surface area contributed by atoms with Crippen molar-refractivity contribution in [1.82, 2.24) is 10.6 Å². The largest absolute Gasteiger partial charge is 0.459 e. The molecule has 1 heterocycles. The molecule has 0 unspecified atom stereocenters. The first kappa shape index (κ1) is 19.6. The number of anilines is 1. The number of benzene rings is 1. The second-order valence-corrected chi connectivity index (χ2v) is 8.55. The summed E-state index contributed by atoms with van der Waals surface area (Å²) in [6, 6.07) is 10.6. The summed E-state index contributed by atoms with van der Waals surface area (Å²) >= 11 is 25.1. The van der Waals surface area contributed by atoms with Gasteiger partial charge in [0.25, 0.3) is 5.91 Å². The topological polar surface area (TPSA) is 66.3 Å². The van der Waals surface area contributed by atoms with Gasteiger partial charge in [0, 0.05) is 9.26 Å². The van der Waals surface area contributed by atoms with E-state index in [-0.39, 0.29) is 10.9 Å². The molecule has 0 aliphatic carbocycles. The summed E-state index contributed by atoms with van der Waals surface area (Å²) in [5.41, 5.74) is 0.758. The van der Waals surface area contributed by atoms with Gasteiger partial charge in [0.05, 0.1) is 6.26 Å². The third-order valence-corrected chi connectivity index (χ3v) is 4.32. The van der Waals surface area contributed by atoms with E-state index in [1.165, 1.54) is 12.3 Å². The van der Waals surface area contributed by atoms with Crippen molar-refractivity contribution in [3.05, 3.63) is 52.0 Å². The predicted molar refractivity (Wildman–Crippen MR) is 109 cm³/mol. The lowest BCUT2D eigenvalue weighted by Gasteiger charge is -2.27. The molecule has 2 aromatic rings. The normalized spacial score (nSPS) is 12.3. The highest BCUT2D eigenvalue weighted by atomic mass is 127. The van der Waals surface area contributed by atoms with Gasteiger partial charge in [0.1, 0.15) is 6.17 Å². The zero-order chi connectivity index (χ0) is 17.7. The van der Waals surface area contributed by atoms with Gasteiger partial charge in [-0.2, -0.15) is 0 Å². The fourth-order valence-corrected chi connectivity index (χ4v) is 2.56. The maximum absolute atomic E-state index is 12.1. The maximum atomic E-state index is 12.1. The van der Waals surface area contributed by atoms with Crippen molar-refractivity contribution in [2.45, 2.75) is 9.96 Å². The van der Waals surface area contributed by atoms with Crippen molar-refractivity contribution in [2.24, 2.45) is 0 Å². The summed E-state index contributed by atoms with van der Waals surface area (Å²) in [5, 5.41) is 8.41. The van der Waals surface area contributed by atoms with Crippen LogP contribution in [-0.2, 0) is 0 Å². The number of thiocarbonyl (C=S) groups is 1. The highest BCUT2D eigenvalue weighted by molar-refractivity contribution is 14.1. The third kappa shape index (κ3) is 5.96. The minimum atomic E-state index is -1.83. The van der Waals surface area contributed by atoms with Gasteiger partial charge in [-0.15, -0.1) is 0 Å². The van der Waals surface area contributed by atoms with Crippen LogP contribution in [0.3, 0.4) is 0 Å². The molecule has 10 heteroatoms. The first-order chi connectivity index (χ1) is 11.3. The molecule has 0 fully saturated rings. The lowest BCUT2D eigenvalue weighted by Crippen LogP contribution is -2.56.